The van der Waals surface area contributed by atoms with Gasteiger partial charge in [-0.1, -0.05) is 95.3 Å². The fraction of sp³-hybridized carbons (Fsp3) is 0.595. The Hall–Kier alpha value is -4.03. The molecule has 1 fully saturated rings. The quantitative estimate of drug-likeness (QED) is 0.155. The smallest absolute Gasteiger partial charge is 0.407 e. The minimum atomic E-state index is -2.45. The number of alkyl carbamates (subject to hydrolysis) is 1. The summed E-state index contributed by atoms with van der Waals surface area (Å²) in [6, 6.07) is 19.0. The van der Waals surface area contributed by atoms with Crippen LogP contribution in [0.2, 0.25) is 18.1 Å². The summed E-state index contributed by atoms with van der Waals surface area (Å²) in [5.41, 5.74) is 1.34. The van der Waals surface area contributed by atoms with Gasteiger partial charge in [0.05, 0.1) is 12.1 Å². The summed E-state index contributed by atoms with van der Waals surface area (Å²) in [6.07, 6.45) is 5.21. The molecule has 296 valence electrons. The molecule has 1 aromatic heterocycles. The van der Waals surface area contributed by atoms with Crippen LogP contribution in [0.3, 0.4) is 0 Å². The van der Waals surface area contributed by atoms with E-state index in [2.05, 4.69) is 54.7 Å². The van der Waals surface area contributed by atoms with E-state index in [1.54, 1.807) is 12.7 Å². The molecule has 3 amide bonds. The van der Waals surface area contributed by atoms with Crippen molar-refractivity contribution in [2.45, 2.75) is 135 Å². The molecule has 1 saturated heterocycles. The third-order valence-electron chi connectivity index (χ3n) is 10.8. The summed E-state index contributed by atoms with van der Waals surface area (Å²) in [6.45, 7) is 21.6. The van der Waals surface area contributed by atoms with Crippen LogP contribution in [0.4, 0.5) is 4.79 Å². The van der Waals surface area contributed by atoms with E-state index in [0.717, 1.165) is 24.0 Å². The number of rotatable bonds is 15. The monoisotopic (exact) mass is 760 g/mol. The summed E-state index contributed by atoms with van der Waals surface area (Å²) in [7, 11) is -2.45. The molecule has 0 saturated carbocycles. The molecular weight excluding hydrogens is 697 g/mol. The van der Waals surface area contributed by atoms with Gasteiger partial charge in [0.1, 0.15) is 24.3 Å². The zero-order chi connectivity index (χ0) is 39.7. The van der Waals surface area contributed by atoms with Crippen molar-refractivity contribution in [3.05, 3.63) is 84.4 Å². The second kappa shape index (κ2) is 18.5. The van der Waals surface area contributed by atoms with Crippen molar-refractivity contribution in [1.29, 1.82) is 0 Å². The van der Waals surface area contributed by atoms with Crippen molar-refractivity contribution in [2.24, 2.45) is 11.8 Å². The fourth-order valence-electron chi connectivity index (χ4n) is 6.68. The number of amides is 3. The number of nitrogens with one attached hydrogen (secondary N) is 2. The highest BCUT2D eigenvalue weighted by atomic mass is 28.4. The first-order valence-electron chi connectivity index (χ1n) is 19.5. The molecule has 2 heterocycles. The topological polar surface area (TPSA) is 128 Å². The Kier molecular flexibility index (Phi) is 14.7. The van der Waals surface area contributed by atoms with E-state index < -0.39 is 44.1 Å². The molecule has 1 aliphatic rings. The lowest BCUT2D eigenvalue weighted by Gasteiger charge is -2.42. The summed E-state index contributed by atoms with van der Waals surface area (Å²) in [5.74, 6) is -0.964. The number of likely N-dealkylation sites (tertiary alicyclic amines) is 1. The van der Waals surface area contributed by atoms with Crippen molar-refractivity contribution < 1.29 is 23.5 Å². The minimum absolute atomic E-state index is 0.0679. The van der Waals surface area contributed by atoms with Crippen LogP contribution in [-0.4, -0.2) is 82.8 Å². The molecule has 3 unspecified atom stereocenters. The van der Waals surface area contributed by atoms with E-state index in [0.29, 0.717) is 32.4 Å². The number of hydrogen-bond acceptors (Lipinski definition) is 7. The first kappa shape index (κ1) is 42.7. The maximum atomic E-state index is 14.7. The van der Waals surface area contributed by atoms with Crippen LogP contribution < -0.4 is 10.6 Å². The molecule has 0 spiro atoms. The molecule has 0 bridgehead atoms. The molecule has 3 aromatic rings. The van der Waals surface area contributed by atoms with Gasteiger partial charge in [0.25, 0.3) is 0 Å². The number of hydrogen-bond donors (Lipinski definition) is 2. The predicted molar refractivity (Wildman–Crippen MR) is 215 cm³/mol. The van der Waals surface area contributed by atoms with Gasteiger partial charge >= 0.3 is 6.09 Å². The highest BCUT2D eigenvalue weighted by molar-refractivity contribution is 6.74. The van der Waals surface area contributed by atoms with Crippen LogP contribution in [-0.2, 0) is 31.6 Å². The van der Waals surface area contributed by atoms with Crippen molar-refractivity contribution >= 4 is 26.2 Å². The highest BCUT2D eigenvalue weighted by Gasteiger charge is 2.43. The first-order valence-corrected chi connectivity index (χ1v) is 22.4. The summed E-state index contributed by atoms with van der Waals surface area (Å²) < 4.78 is 15.0. The average Bonchev–Trinajstić information content (AvgIpc) is 3.64. The molecule has 1 aliphatic heterocycles. The summed E-state index contributed by atoms with van der Waals surface area (Å²) in [4.78, 5) is 44.1. The fourth-order valence-corrected chi connectivity index (χ4v) is 8.05. The second-order valence-electron chi connectivity index (χ2n) is 17.7. The van der Waals surface area contributed by atoms with Crippen LogP contribution >= 0.6 is 0 Å². The van der Waals surface area contributed by atoms with Gasteiger partial charge in [-0.05, 0) is 88.1 Å². The van der Waals surface area contributed by atoms with Crippen molar-refractivity contribution in [3.63, 3.8) is 0 Å². The third-order valence-corrected chi connectivity index (χ3v) is 15.3. The van der Waals surface area contributed by atoms with Gasteiger partial charge in [-0.25, -0.2) is 4.79 Å². The Morgan fingerprint density at radius 3 is 1.87 bits per heavy atom. The molecule has 0 radical (unpaired) electrons. The number of carbonyl (C=O) groups is 3. The molecule has 11 nitrogen and oxygen atoms in total. The van der Waals surface area contributed by atoms with E-state index in [1.807, 2.05) is 105 Å². The van der Waals surface area contributed by atoms with Crippen molar-refractivity contribution in [3.8, 4) is 0 Å². The lowest BCUT2D eigenvalue weighted by atomic mass is 9.88. The SMILES string of the molecule is CC(C)[C@H](NC(=O)C(Cc1ccccc1)CC(O[Si](C)(C)C(C)(C)C)C(Cc1ccccc1)NC(=O)OC(C)(C)C)C(=O)N1CCC(n2cnnc2)CC1. The van der Waals surface area contributed by atoms with E-state index >= 15 is 0 Å². The third kappa shape index (κ3) is 12.5. The van der Waals surface area contributed by atoms with E-state index in [1.165, 1.54) is 0 Å². The number of nitrogens with zero attached hydrogens (tertiary/aromatic N) is 4. The second-order valence-corrected chi connectivity index (χ2v) is 22.4. The molecule has 2 N–H and O–H groups in total. The number of aromatic nitrogens is 3. The van der Waals surface area contributed by atoms with Gasteiger partial charge < -0.3 is 29.3 Å². The number of piperidine rings is 1. The number of ether oxygens (including phenoxy) is 1. The Morgan fingerprint density at radius 2 is 1.37 bits per heavy atom. The Bertz CT molecular complexity index is 1610. The predicted octanol–water partition coefficient (Wildman–Crippen LogP) is 7.36. The maximum absolute atomic E-state index is 14.7. The Balaban J connectivity index is 1.66. The van der Waals surface area contributed by atoms with Gasteiger partial charge in [0.15, 0.2) is 8.32 Å². The van der Waals surface area contributed by atoms with Crippen LogP contribution in [0.1, 0.15) is 91.8 Å². The highest BCUT2D eigenvalue weighted by Crippen LogP contribution is 2.39. The van der Waals surface area contributed by atoms with Crippen LogP contribution in [0, 0.1) is 11.8 Å². The van der Waals surface area contributed by atoms with Crippen LogP contribution in [0.5, 0.6) is 0 Å². The Morgan fingerprint density at radius 1 is 0.833 bits per heavy atom. The van der Waals surface area contributed by atoms with Crippen LogP contribution in [0.15, 0.2) is 73.3 Å². The molecular formula is C42H64N6O5Si. The Labute approximate surface area is 324 Å². The van der Waals surface area contributed by atoms with E-state index in [9.17, 15) is 14.4 Å². The molecule has 4 atom stereocenters. The van der Waals surface area contributed by atoms with E-state index in [-0.39, 0.29) is 28.8 Å². The first-order chi connectivity index (χ1) is 25.3. The van der Waals surface area contributed by atoms with E-state index in [4.69, 9.17) is 9.16 Å². The molecule has 12 heteroatoms. The largest absolute Gasteiger partial charge is 0.444 e. The average molecular weight is 761 g/mol. The number of benzene rings is 2. The summed E-state index contributed by atoms with van der Waals surface area (Å²) >= 11 is 0. The van der Waals surface area contributed by atoms with Gasteiger partial charge in [0.2, 0.25) is 11.8 Å². The number of carbonyl (C=O) groups excluding carboxylic acids is 3. The molecule has 54 heavy (non-hydrogen) atoms. The van der Waals surface area contributed by atoms with Crippen molar-refractivity contribution in [1.82, 2.24) is 30.3 Å². The van der Waals surface area contributed by atoms with Gasteiger partial charge in [0, 0.05) is 25.0 Å². The lowest BCUT2D eigenvalue weighted by Crippen LogP contribution is -2.56. The van der Waals surface area contributed by atoms with Gasteiger partial charge in [-0.3, -0.25) is 9.59 Å². The minimum Gasteiger partial charge on any atom is -0.444 e. The lowest BCUT2D eigenvalue weighted by molar-refractivity contribution is -0.140. The van der Waals surface area contributed by atoms with Crippen molar-refractivity contribution in [2.75, 3.05) is 13.1 Å². The standard InChI is InChI=1S/C42H64N6O5Si/c1-30(2)37(39(50)47-23-21-34(22-24-47)48-28-43-44-29-48)46-38(49)33(25-31-17-13-11-14-18-31)27-36(53-54(9,10)42(6,7)8)35(26-32-19-15-12-16-20-32)45-40(51)52-41(3,4)5/h11-20,28-30,33-37H,21-27H2,1-10H3,(H,45,51)(H,46,49)/t33?,35?,36?,37-/m0/s1. The summed E-state index contributed by atoms with van der Waals surface area (Å²) in [5, 5.41) is 14.1. The van der Waals surface area contributed by atoms with Gasteiger partial charge in [-0.15, -0.1) is 10.2 Å². The van der Waals surface area contributed by atoms with Crippen LogP contribution in [0.25, 0.3) is 0 Å². The van der Waals surface area contributed by atoms with Gasteiger partial charge in [-0.2, -0.15) is 0 Å². The normalized spacial score (nSPS) is 16.7. The maximum Gasteiger partial charge on any atom is 0.407 e. The zero-order valence-corrected chi connectivity index (χ0v) is 35.2. The molecule has 2 aromatic carbocycles. The molecule has 4 rings (SSSR count). The molecule has 0 aliphatic carbocycles. The zero-order valence-electron chi connectivity index (χ0n) is 34.2.